The number of rotatable bonds is 2. The fourth-order valence-corrected chi connectivity index (χ4v) is 3.81. The van der Waals surface area contributed by atoms with Crippen LogP contribution in [0.5, 0.6) is 0 Å². The van der Waals surface area contributed by atoms with Crippen LogP contribution in [0.4, 0.5) is 0 Å². The third kappa shape index (κ3) is 3.27. The zero-order valence-corrected chi connectivity index (χ0v) is 15.7. The van der Waals surface area contributed by atoms with E-state index >= 15 is 0 Å². The lowest BCUT2D eigenvalue weighted by Gasteiger charge is -2.32. The van der Waals surface area contributed by atoms with E-state index < -0.39 is 11.5 Å². The topological polar surface area (TPSA) is 101 Å². The summed E-state index contributed by atoms with van der Waals surface area (Å²) in [4.78, 5) is 25.2. The first-order chi connectivity index (χ1) is 13.4. The van der Waals surface area contributed by atoms with Crippen molar-refractivity contribution < 1.29 is 14.7 Å². The first-order valence-electron chi connectivity index (χ1n) is 9.37. The number of hydrogen-bond donors (Lipinski definition) is 2. The molecule has 2 aromatic rings. The Morgan fingerprint density at radius 3 is 2.93 bits per heavy atom. The van der Waals surface area contributed by atoms with Gasteiger partial charge < -0.3 is 15.7 Å². The molecule has 1 atom stereocenters. The number of primary amides is 1. The second-order valence-electron chi connectivity index (χ2n) is 7.48. The number of likely N-dealkylation sites (tertiary alicyclic amines) is 1. The van der Waals surface area contributed by atoms with Crippen LogP contribution < -0.4 is 5.73 Å². The molecule has 2 aliphatic rings. The van der Waals surface area contributed by atoms with Crippen molar-refractivity contribution in [1.82, 2.24) is 14.7 Å². The second-order valence-corrected chi connectivity index (χ2v) is 7.48. The number of carbonyl (C=O) groups excluding carboxylic acids is 2. The van der Waals surface area contributed by atoms with E-state index in [1.54, 1.807) is 16.6 Å². The fourth-order valence-electron chi connectivity index (χ4n) is 3.81. The first-order valence-corrected chi connectivity index (χ1v) is 9.37. The van der Waals surface area contributed by atoms with Crippen LogP contribution in [-0.4, -0.2) is 50.8 Å². The van der Waals surface area contributed by atoms with Crippen LogP contribution in [0.1, 0.15) is 46.6 Å². The minimum absolute atomic E-state index is 0.00479. The Morgan fingerprint density at radius 1 is 1.36 bits per heavy atom. The highest BCUT2D eigenvalue weighted by Gasteiger charge is 2.34. The molecule has 1 aromatic heterocycles. The number of amides is 2. The number of nitrogens with two attached hydrogens (primary N) is 1. The molecule has 144 valence electrons. The third-order valence-electron chi connectivity index (χ3n) is 5.42. The average Bonchev–Trinajstić information content (AvgIpc) is 3.26. The number of fused-ring (bicyclic) bond motifs is 1. The molecule has 0 spiro atoms. The number of aromatic nitrogens is 2. The molecule has 7 heteroatoms. The Hall–Kier alpha value is -3.11. The molecule has 2 heterocycles. The maximum absolute atomic E-state index is 11.9. The van der Waals surface area contributed by atoms with Crippen molar-refractivity contribution in [2.75, 3.05) is 13.6 Å². The lowest BCUT2D eigenvalue weighted by molar-refractivity contribution is -0.138. The molecule has 28 heavy (non-hydrogen) atoms. The normalized spacial score (nSPS) is 21.2. The smallest absolute Gasteiger partial charge is 0.269 e. The van der Waals surface area contributed by atoms with E-state index in [0.717, 1.165) is 36.2 Å². The van der Waals surface area contributed by atoms with Gasteiger partial charge in [0.1, 0.15) is 5.60 Å². The van der Waals surface area contributed by atoms with E-state index in [9.17, 15) is 14.7 Å². The Morgan fingerprint density at radius 2 is 2.18 bits per heavy atom. The van der Waals surface area contributed by atoms with Gasteiger partial charge in [-0.15, -0.1) is 0 Å². The SMILES string of the molecule is CN1CCC(O)(C#Cc2cccc(-n3nc(C(N)=O)c4c3CCC4)c2)CC1=O. The van der Waals surface area contributed by atoms with Gasteiger partial charge in [0.25, 0.3) is 5.91 Å². The van der Waals surface area contributed by atoms with E-state index in [-0.39, 0.29) is 12.3 Å². The number of benzene rings is 1. The molecular weight excluding hydrogens is 356 g/mol. The van der Waals surface area contributed by atoms with Crippen LogP contribution in [0.15, 0.2) is 24.3 Å². The fraction of sp³-hybridized carbons (Fsp3) is 0.381. The number of nitrogens with zero attached hydrogens (tertiary/aromatic N) is 3. The average molecular weight is 378 g/mol. The van der Waals surface area contributed by atoms with Crippen LogP contribution in [-0.2, 0) is 17.6 Å². The molecule has 0 radical (unpaired) electrons. The molecule has 2 amide bonds. The van der Waals surface area contributed by atoms with Gasteiger partial charge in [-0.05, 0) is 37.5 Å². The predicted octanol–water partition coefficient (Wildman–Crippen LogP) is 0.795. The van der Waals surface area contributed by atoms with Crippen LogP contribution in [0.2, 0.25) is 0 Å². The molecular formula is C21H22N4O3. The zero-order chi connectivity index (χ0) is 19.9. The summed E-state index contributed by atoms with van der Waals surface area (Å²) < 4.78 is 1.77. The molecule has 0 bridgehead atoms. The molecule has 7 nitrogen and oxygen atoms in total. The summed E-state index contributed by atoms with van der Waals surface area (Å²) in [7, 11) is 1.72. The highest BCUT2D eigenvalue weighted by Crippen LogP contribution is 2.28. The van der Waals surface area contributed by atoms with E-state index in [0.29, 0.717) is 24.2 Å². The van der Waals surface area contributed by atoms with Crippen molar-refractivity contribution in [1.29, 1.82) is 0 Å². The molecule has 1 aliphatic carbocycles. The second kappa shape index (κ2) is 6.80. The minimum Gasteiger partial charge on any atom is -0.377 e. The van der Waals surface area contributed by atoms with Crippen molar-refractivity contribution >= 4 is 11.8 Å². The summed E-state index contributed by atoms with van der Waals surface area (Å²) in [6.45, 7) is 0.485. The predicted molar refractivity (Wildman–Crippen MR) is 103 cm³/mol. The molecule has 1 unspecified atom stereocenters. The van der Waals surface area contributed by atoms with Crippen LogP contribution in [0, 0.1) is 11.8 Å². The van der Waals surface area contributed by atoms with E-state index in [1.165, 1.54) is 0 Å². The van der Waals surface area contributed by atoms with Crippen molar-refractivity contribution in [3.05, 3.63) is 46.8 Å². The zero-order valence-electron chi connectivity index (χ0n) is 15.7. The highest BCUT2D eigenvalue weighted by atomic mass is 16.3. The van der Waals surface area contributed by atoms with Crippen LogP contribution in [0.3, 0.4) is 0 Å². The largest absolute Gasteiger partial charge is 0.377 e. The maximum Gasteiger partial charge on any atom is 0.269 e. The van der Waals surface area contributed by atoms with Gasteiger partial charge in [0.15, 0.2) is 5.69 Å². The van der Waals surface area contributed by atoms with Crippen molar-refractivity contribution in [2.45, 2.75) is 37.7 Å². The van der Waals surface area contributed by atoms with Gasteiger partial charge in [0, 0.05) is 36.8 Å². The van der Waals surface area contributed by atoms with E-state index in [1.807, 2.05) is 24.3 Å². The van der Waals surface area contributed by atoms with Gasteiger partial charge >= 0.3 is 0 Å². The van der Waals surface area contributed by atoms with Gasteiger partial charge in [-0.1, -0.05) is 17.9 Å². The molecule has 3 N–H and O–H groups in total. The third-order valence-corrected chi connectivity index (χ3v) is 5.42. The summed E-state index contributed by atoms with van der Waals surface area (Å²) in [5, 5.41) is 15.0. The quantitative estimate of drug-likeness (QED) is 0.755. The molecule has 0 saturated carbocycles. The Bertz CT molecular complexity index is 1030. The van der Waals surface area contributed by atoms with Crippen molar-refractivity contribution in [2.24, 2.45) is 5.73 Å². The molecule has 1 aliphatic heterocycles. The van der Waals surface area contributed by atoms with Crippen LogP contribution >= 0.6 is 0 Å². The molecule has 1 saturated heterocycles. The Balaban J connectivity index is 1.65. The van der Waals surface area contributed by atoms with Gasteiger partial charge in [0.2, 0.25) is 5.91 Å². The molecule has 4 rings (SSSR count). The lowest BCUT2D eigenvalue weighted by Crippen LogP contribution is -2.45. The summed E-state index contributed by atoms with van der Waals surface area (Å²) in [5.74, 6) is 5.25. The van der Waals surface area contributed by atoms with Crippen LogP contribution in [0.25, 0.3) is 5.69 Å². The van der Waals surface area contributed by atoms with Crippen molar-refractivity contribution in [3.63, 3.8) is 0 Å². The monoisotopic (exact) mass is 378 g/mol. The summed E-state index contributed by atoms with van der Waals surface area (Å²) >= 11 is 0. The van der Waals surface area contributed by atoms with Gasteiger partial charge in [0.05, 0.1) is 12.1 Å². The number of carbonyl (C=O) groups is 2. The molecule has 1 fully saturated rings. The summed E-state index contributed by atoms with van der Waals surface area (Å²) in [5.41, 5.74) is 7.96. The Kier molecular flexibility index (Phi) is 4.44. The lowest BCUT2D eigenvalue weighted by atomic mass is 9.91. The summed E-state index contributed by atoms with van der Waals surface area (Å²) in [6, 6.07) is 7.46. The number of hydrogen-bond acceptors (Lipinski definition) is 4. The summed E-state index contributed by atoms with van der Waals surface area (Å²) in [6.07, 6.45) is 3.06. The van der Waals surface area contributed by atoms with Gasteiger partial charge in [-0.3, -0.25) is 9.59 Å². The van der Waals surface area contributed by atoms with E-state index in [4.69, 9.17) is 5.73 Å². The Labute approximate surface area is 163 Å². The van der Waals surface area contributed by atoms with Gasteiger partial charge in [-0.2, -0.15) is 5.10 Å². The van der Waals surface area contributed by atoms with Crippen molar-refractivity contribution in [3.8, 4) is 17.5 Å². The number of piperidine rings is 1. The molecule has 1 aromatic carbocycles. The first kappa shape index (κ1) is 18.3. The van der Waals surface area contributed by atoms with Gasteiger partial charge in [-0.25, -0.2) is 4.68 Å². The minimum atomic E-state index is -1.30. The highest BCUT2D eigenvalue weighted by molar-refractivity contribution is 5.92. The maximum atomic E-state index is 11.9. The standard InChI is InChI=1S/C21H22N4O3/c1-24-11-10-21(28,13-18(24)26)9-8-14-4-2-5-15(12-14)25-17-7-3-6-16(17)19(23-25)20(22)27/h2,4-5,12,28H,3,6-7,10-11,13H2,1H3,(H2,22,27). The van der Waals surface area contributed by atoms with E-state index in [2.05, 4.69) is 16.9 Å². The number of aliphatic hydroxyl groups is 1.